The van der Waals surface area contributed by atoms with E-state index in [1.165, 1.54) is 41.2 Å². The standard InChI is InChI=1S/C29H34ClF3N6O5S/c1-27(2)16-19(17-35-27)4-3-14-43-23-8-5-20(18-34-23)45(41,42)38-26(40)21-6-7-22(36-25(21)30)39-13-9-24(37-39)44-15-12-28(10-11-28)29(31,32)33/h5-9,13,18-19,35H,3-4,10-12,14-17H2,1-2H3,(H,38,40). The zero-order valence-electron chi connectivity index (χ0n) is 24.7. The van der Waals surface area contributed by atoms with E-state index in [4.69, 9.17) is 21.1 Å². The van der Waals surface area contributed by atoms with Gasteiger partial charge < -0.3 is 14.8 Å². The van der Waals surface area contributed by atoms with Crippen LogP contribution in [0.25, 0.3) is 5.82 Å². The molecule has 1 saturated carbocycles. The Morgan fingerprint density at radius 1 is 1.13 bits per heavy atom. The molecule has 5 rings (SSSR count). The molecule has 0 radical (unpaired) electrons. The zero-order valence-corrected chi connectivity index (χ0v) is 26.3. The van der Waals surface area contributed by atoms with Crippen molar-refractivity contribution in [1.82, 2.24) is 29.8 Å². The summed E-state index contributed by atoms with van der Waals surface area (Å²) in [6.07, 6.45) is 1.28. The van der Waals surface area contributed by atoms with Crippen LogP contribution in [0.3, 0.4) is 0 Å². The van der Waals surface area contributed by atoms with E-state index in [1.54, 1.807) is 0 Å². The van der Waals surface area contributed by atoms with Crippen molar-refractivity contribution in [3.05, 3.63) is 53.4 Å². The van der Waals surface area contributed by atoms with Crippen LogP contribution in [-0.2, 0) is 10.0 Å². The van der Waals surface area contributed by atoms with E-state index in [0.717, 1.165) is 32.0 Å². The number of carbonyl (C=O) groups is 1. The fourth-order valence-corrected chi connectivity index (χ4v) is 6.44. The van der Waals surface area contributed by atoms with Crippen molar-refractivity contribution in [2.75, 3.05) is 19.8 Å². The van der Waals surface area contributed by atoms with Crippen molar-refractivity contribution in [2.45, 2.75) is 69.0 Å². The molecule has 1 amide bonds. The molecule has 11 nitrogen and oxygen atoms in total. The predicted octanol–water partition coefficient (Wildman–Crippen LogP) is 5.09. The first-order valence-corrected chi connectivity index (χ1v) is 16.4. The van der Waals surface area contributed by atoms with Crippen molar-refractivity contribution in [3.63, 3.8) is 0 Å². The number of rotatable bonds is 13. The fourth-order valence-electron chi connectivity index (χ4n) is 5.30. The Labute approximate surface area is 263 Å². The molecule has 2 aliphatic rings. The third-order valence-electron chi connectivity index (χ3n) is 8.08. The number of amides is 1. The average molecular weight is 671 g/mol. The van der Waals surface area contributed by atoms with Crippen LogP contribution >= 0.6 is 11.6 Å². The maximum Gasteiger partial charge on any atom is 0.394 e. The van der Waals surface area contributed by atoms with Crippen LogP contribution in [0.2, 0.25) is 5.15 Å². The minimum absolute atomic E-state index is 0.0911. The predicted molar refractivity (Wildman–Crippen MR) is 158 cm³/mol. The number of nitrogens with one attached hydrogen (secondary N) is 2. The molecule has 0 aromatic carbocycles. The number of pyridine rings is 2. The summed E-state index contributed by atoms with van der Waals surface area (Å²) < 4.78 is 79.2. The topological polar surface area (TPSA) is 137 Å². The van der Waals surface area contributed by atoms with Gasteiger partial charge in [0.2, 0.25) is 11.8 Å². The first kappa shape index (κ1) is 32.9. The molecule has 1 aliphatic heterocycles. The number of nitrogens with zero attached hydrogens (tertiary/aromatic N) is 4. The highest BCUT2D eigenvalue weighted by atomic mass is 35.5. The van der Waals surface area contributed by atoms with Gasteiger partial charge >= 0.3 is 6.18 Å². The van der Waals surface area contributed by atoms with Gasteiger partial charge in [-0.1, -0.05) is 11.6 Å². The fraction of sp³-hybridized carbons (Fsp3) is 0.517. The summed E-state index contributed by atoms with van der Waals surface area (Å²) >= 11 is 6.20. The van der Waals surface area contributed by atoms with E-state index in [9.17, 15) is 26.4 Å². The third-order valence-corrected chi connectivity index (χ3v) is 9.69. The van der Waals surface area contributed by atoms with E-state index in [2.05, 4.69) is 34.2 Å². The summed E-state index contributed by atoms with van der Waals surface area (Å²) in [4.78, 5) is 20.7. The molecule has 3 aromatic heterocycles. The summed E-state index contributed by atoms with van der Waals surface area (Å²) in [5.74, 6) is 0.120. The van der Waals surface area contributed by atoms with Crippen LogP contribution in [0.4, 0.5) is 13.2 Å². The first-order valence-electron chi connectivity index (χ1n) is 14.5. The van der Waals surface area contributed by atoms with Crippen LogP contribution in [-0.4, -0.2) is 65.5 Å². The lowest BCUT2D eigenvalue weighted by Crippen LogP contribution is -2.31. The number of alkyl halides is 3. The summed E-state index contributed by atoms with van der Waals surface area (Å²) in [6.45, 7) is 5.65. The SMILES string of the molecule is CC1(C)CC(CCCOc2ccc(S(=O)(=O)NC(=O)c3ccc(-n4ccc(OCCC5(C(F)(F)F)CC5)n4)nc3Cl)cn2)CN1. The van der Waals surface area contributed by atoms with Crippen LogP contribution in [0, 0.1) is 11.3 Å². The van der Waals surface area contributed by atoms with E-state index in [-0.39, 0.29) is 64.6 Å². The van der Waals surface area contributed by atoms with Crippen LogP contribution in [0.1, 0.15) is 62.7 Å². The van der Waals surface area contributed by atoms with Crippen LogP contribution < -0.4 is 19.5 Å². The summed E-state index contributed by atoms with van der Waals surface area (Å²) in [7, 11) is -4.29. The molecule has 0 bridgehead atoms. The molecular formula is C29H34ClF3N6O5S. The highest BCUT2D eigenvalue weighted by Crippen LogP contribution is 2.59. The molecule has 45 heavy (non-hydrogen) atoms. The number of carbonyl (C=O) groups excluding carboxylic acids is 1. The number of sulfonamides is 1. The highest BCUT2D eigenvalue weighted by Gasteiger charge is 2.62. The van der Waals surface area contributed by atoms with Crippen LogP contribution in [0.15, 0.2) is 47.6 Å². The lowest BCUT2D eigenvalue weighted by atomic mass is 9.94. The maximum absolute atomic E-state index is 13.1. The van der Waals surface area contributed by atoms with E-state index in [1.807, 2.05) is 4.72 Å². The zero-order chi connectivity index (χ0) is 32.5. The Kier molecular flexibility index (Phi) is 9.34. The van der Waals surface area contributed by atoms with Crippen LogP contribution in [0.5, 0.6) is 11.8 Å². The number of hydrogen-bond acceptors (Lipinski definition) is 9. The quantitative estimate of drug-likeness (QED) is 0.188. The lowest BCUT2D eigenvalue weighted by Gasteiger charge is -2.18. The van der Waals surface area contributed by atoms with E-state index < -0.39 is 27.5 Å². The van der Waals surface area contributed by atoms with E-state index >= 15 is 0 Å². The first-order chi connectivity index (χ1) is 21.2. The van der Waals surface area contributed by atoms with Gasteiger partial charge in [0, 0.05) is 23.9 Å². The normalized spacial score (nSPS) is 18.8. The monoisotopic (exact) mass is 670 g/mol. The molecule has 16 heteroatoms. The van der Waals surface area contributed by atoms with Gasteiger partial charge in [-0.25, -0.2) is 27.8 Å². The van der Waals surface area contributed by atoms with Gasteiger partial charge in [-0.05, 0) is 83.0 Å². The smallest absolute Gasteiger partial charge is 0.394 e. The van der Waals surface area contributed by atoms with Crippen molar-refractivity contribution in [3.8, 4) is 17.6 Å². The Morgan fingerprint density at radius 3 is 2.51 bits per heavy atom. The van der Waals surface area contributed by atoms with Gasteiger partial charge in [-0.2, -0.15) is 13.2 Å². The maximum atomic E-state index is 13.1. The minimum Gasteiger partial charge on any atom is -0.478 e. The van der Waals surface area contributed by atoms with Gasteiger partial charge in [-0.15, -0.1) is 5.10 Å². The molecule has 3 aromatic rings. The molecule has 4 heterocycles. The van der Waals surface area contributed by atoms with Crippen molar-refractivity contribution in [2.24, 2.45) is 11.3 Å². The molecule has 244 valence electrons. The van der Waals surface area contributed by atoms with Crippen molar-refractivity contribution < 1.29 is 35.9 Å². The second-order valence-electron chi connectivity index (χ2n) is 12.1. The largest absolute Gasteiger partial charge is 0.478 e. The number of halogens is 4. The third kappa shape index (κ3) is 8.05. The van der Waals surface area contributed by atoms with Gasteiger partial charge in [-0.3, -0.25) is 4.79 Å². The molecule has 2 N–H and O–H groups in total. The Balaban J connectivity index is 1.11. The Morgan fingerprint density at radius 2 is 1.89 bits per heavy atom. The summed E-state index contributed by atoms with van der Waals surface area (Å²) in [6, 6.07) is 6.82. The lowest BCUT2D eigenvalue weighted by molar-refractivity contribution is -0.190. The molecule has 1 saturated heterocycles. The number of aromatic nitrogens is 4. The van der Waals surface area contributed by atoms with Gasteiger partial charge in [0.15, 0.2) is 5.82 Å². The average Bonchev–Trinajstić information content (AvgIpc) is 3.49. The Bertz CT molecular complexity index is 1630. The number of ether oxygens (including phenoxy) is 2. The summed E-state index contributed by atoms with van der Waals surface area (Å²) in [5, 5.41) is 7.33. The van der Waals surface area contributed by atoms with Crippen molar-refractivity contribution >= 4 is 27.5 Å². The van der Waals surface area contributed by atoms with Gasteiger partial charge in [0.05, 0.1) is 30.4 Å². The van der Waals surface area contributed by atoms with Gasteiger partial charge in [0.1, 0.15) is 10.0 Å². The van der Waals surface area contributed by atoms with Crippen molar-refractivity contribution in [1.29, 1.82) is 0 Å². The molecular weight excluding hydrogens is 637 g/mol. The molecule has 0 spiro atoms. The summed E-state index contributed by atoms with van der Waals surface area (Å²) in [5.41, 5.74) is -1.72. The minimum atomic E-state index is -4.29. The molecule has 2 fully saturated rings. The number of hydrogen-bond donors (Lipinski definition) is 2. The highest BCUT2D eigenvalue weighted by molar-refractivity contribution is 7.90. The van der Waals surface area contributed by atoms with E-state index in [0.29, 0.717) is 12.5 Å². The second kappa shape index (κ2) is 12.8. The molecule has 1 aliphatic carbocycles. The Hall–Kier alpha value is -3.43. The van der Waals surface area contributed by atoms with Gasteiger partial charge in [0.25, 0.3) is 15.9 Å². The molecule has 1 unspecified atom stereocenters. The molecule has 1 atom stereocenters. The second-order valence-corrected chi connectivity index (χ2v) is 14.1.